The minimum Gasteiger partial charge on any atom is -0.377 e. The maximum atomic E-state index is 11.8. The van der Waals surface area contributed by atoms with Crippen LogP contribution in [0.15, 0.2) is 47.5 Å². The number of aliphatic imine (C=N–C) groups is 1. The molecule has 0 bridgehead atoms. The lowest BCUT2D eigenvalue weighted by atomic mass is 9.95. The van der Waals surface area contributed by atoms with Gasteiger partial charge in [-0.05, 0) is 38.1 Å². The van der Waals surface area contributed by atoms with Gasteiger partial charge in [-0.15, -0.1) is 0 Å². The summed E-state index contributed by atoms with van der Waals surface area (Å²) < 4.78 is 0. The van der Waals surface area contributed by atoms with E-state index in [1.165, 1.54) is 0 Å². The smallest absolute Gasteiger partial charge is 0.161 e. The minimum absolute atomic E-state index is 0.000478. The van der Waals surface area contributed by atoms with Gasteiger partial charge in [-0.25, -0.2) is 0 Å². The number of fused-ring (bicyclic) bond motifs is 1. The number of halogens is 1. The number of hydrogen-bond donors (Lipinski definition) is 1. The molecule has 3 nitrogen and oxygen atoms in total. The van der Waals surface area contributed by atoms with Gasteiger partial charge in [0.25, 0.3) is 0 Å². The average molecular weight is 313 g/mol. The molecule has 1 heterocycles. The summed E-state index contributed by atoms with van der Waals surface area (Å²) in [5.41, 5.74) is 4.64. The van der Waals surface area contributed by atoms with Crippen LogP contribution in [0.2, 0.25) is 5.02 Å². The fourth-order valence-electron chi connectivity index (χ4n) is 2.79. The summed E-state index contributed by atoms with van der Waals surface area (Å²) in [6, 6.07) is 13.6. The van der Waals surface area contributed by atoms with Crippen LogP contribution >= 0.6 is 11.6 Å². The van der Waals surface area contributed by atoms with Crippen molar-refractivity contribution in [3.63, 3.8) is 0 Å². The Morgan fingerprint density at radius 3 is 2.82 bits per heavy atom. The van der Waals surface area contributed by atoms with Gasteiger partial charge < -0.3 is 5.32 Å². The van der Waals surface area contributed by atoms with Gasteiger partial charge in [-0.2, -0.15) is 0 Å². The largest absolute Gasteiger partial charge is 0.377 e. The van der Waals surface area contributed by atoms with E-state index in [1.54, 1.807) is 19.1 Å². The molecule has 0 aliphatic carbocycles. The van der Waals surface area contributed by atoms with E-state index in [9.17, 15) is 4.79 Å². The number of carbonyl (C=O) groups excluding carboxylic acids is 1. The van der Waals surface area contributed by atoms with Crippen molar-refractivity contribution in [1.82, 2.24) is 0 Å². The van der Waals surface area contributed by atoms with Crippen LogP contribution in [-0.4, -0.2) is 11.5 Å². The Kier molecular flexibility index (Phi) is 3.99. The van der Waals surface area contributed by atoms with Crippen molar-refractivity contribution in [2.45, 2.75) is 26.3 Å². The van der Waals surface area contributed by atoms with Crippen LogP contribution < -0.4 is 5.32 Å². The quantitative estimate of drug-likeness (QED) is 0.792. The summed E-state index contributed by atoms with van der Waals surface area (Å²) >= 11 is 6.01. The molecule has 1 N–H and O–H groups in total. The van der Waals surface area contributed by atoms with Gasteiger partial charge in [-0.3, -0.25) is 9.79 Å². The van der Waals surface area contributed by atoms with Crippen LogP contribution in [0.4, 0.5) is 11.4 Å². The van der Waals surface area contributed by atoms with Crippen molar-refractivity contribution in [1.29, 1.82) is 0 Å². The zero-order chi connectivity index (χ0) is 15.7. The lowest BCUT2D eigenvalue weighted by molar-refractivity contribution is 0.101. The molecule has 4 heteroatoms. The zero-order valence-electron chi connectivity index (χ0n) is 12.6. The van der Waals surface area contributed by atoms with Crippen LogP contribution in [0.25, 0.3) is 0 Å². The van der Waals surface area contributed by atoms with E-state index in [4.69, 9.17) is 11.6 Å². The van der Waals surface area contributed by atoms with Crippen LogP contribution in [0.1, 0.15) is 42.2 Å². The molecule has 0 saturated heterocycles. The van der Waals surface area contributed by atoms with E-state index in [2.05, 4.69) is 16.4 Å². The average Bonchev–Trinajstić information content (AvgIpc) is 2.48. The van der Waals surface area contributed by atoms with Gasteiger partial charge in [-0.1, -0.05) is 29.8 Å². The molecule has 1 aliphatic rings. The number of benzene rings is 2. The Bertz CT molecular complexity index is 767. The third-order valence-corrected chi connectivity index (χ3v) is 4.05. The number of anilines is 1. The maximum Gasteiger partial charge on any atom is 0.161 e. The van der Waals surface area contributed by atoms with Crippen LogP contribution in [0.5, 0.6) is 0 Å². The molecule has 1 aliphatic heterocycles. The molecule has 0 radical (unpaired) electrons. The van der Waals surface area contributed by atoms with Gasteiger partial charge in [0.2, 0.25) is 0 Å². The van der Waals surface area contributed by atoms with Gasteiger partial charge in [0.05, 0.1) is 11.7 Å². The lowest BCUT2D eigenvalue weighted by Gasteiger charge is -2.26. The molecule has 0 amide bonds. The predicted molar refractivity (Wildman–Crippen MR) is 91.6 cm³/mol. The standard InChI is InChI=1S/C18H17ClN2O/c1-11-9-18(14-5-3-4-6-16(14)20-11)21-17-8-7-13(19)10-15(17)12(2)22/h3-8,10,18,21H,9H2,1-2H3. The number of carbonyl (C=O) groups is 1. The van der Waals surface area contributed by atoms with Crippen molar-refractivity contribution in [3.8, 4) is 0 Å². The van der Waals surface area contributed by atoms with E-state index in [0.717, 1.165) is 29.1 Å². The van der Waals surface area contributed by atoms with Crippen LogP contribution in [-0.2, 0) is 0 Å². The molecular formula is C18H17ClN2O. The molecule has 0 saturated carbocycles. The lowest BCUT2D eigenvalue weighted by Crippen LogP contribution is -2.18. The Morgan fingerprint density at radius 1 is 1.27 bits per heavy atom. The molecule has 2 aromatic carbocycles. The summed E-state index contributed by atoms with van der Waals surface area (Å²) in [6.45, 7) is 3.58. The van der Waals surface area contributed by atoms with Crippen LogP contribution in [0.3, 0.4) is 0 Å². The predicted octanol–water partition coefficient (Wildman–Crippen LogP) is 5.19. The zero-order valence-corrected chi connectivity index (χ0v) is 13.3. The van der Waals surface area contributed by atoms with Gasteiger partial charge in [0, 0.05) is 34.0 Å². The summed E-state index contributed by atoms with van der Waals surface area (Å²) in [7, 11) is 0. The van der Waals surface area contributed by atoms with Crippen molar-refractivity contribution in [3.05, 3.63) is 58.6 Å². The molecule has 1 atom stereocenters. The summed E-state index contributed by atoms with van der Waals surface area (Å²) in [5, 5.41) is 4.05. The monoisotopic (exact) mass is 312 g/mol. The highest BCUT2D eigenvalue weighted by Gasteiger charge is 2.21. The van der Waals surface area contributed by atoms with E-state index >= 15 is 0 Å². The van der Waals surface area contributed by atoms with E-state index in [1.807, 2.05) is 31.2 Å². The van der Waals surface area contributed by atoms with Crippen molar-refractivity contribution in [2.24, 2.45) is 4.99 Å². The molecule has 3 rings (SSSR count). The first kappa shape index (κ1) is 14.8. The van der Waals surface area contributed by atoms with Crippen molar-refractivity contribution < 1.29 is 4.79 Å². The van der Waals surface area contributed by atoms with E-state index < -0.39 is 0 Å². The second-order valence-electron chi connectivity index (χ2n) is 5.55. The first-order chi connectivity index (χ1) is 10.5. The number of nitrogens with zero attached hydrogens (tertiary/aromatic N) is 1. The Balaban J connectivity index is 1.98. The number of Topliss-reactive ketones (excluding diaryl/α,β-unsaturated/α-hetero) is 1. The van der Waals surface area contributed by atoms with Gasteiger partial charge >= 0.3 is 0 Å². The normalized spacial score (nSPS) is 16.7. The molecule has 112 valence electrons. The third kappa shape index (κ3) is 2.90. The van der Waals surface area contributed by atoms with E-state index in [0.29, 0.717) is 10.6 Å². The molecule has 2 aromatic rings. The van der Waals surface area contributed by atoms with Crippen molar-refractivity contribution >= 4 is 34.5 Å². The summed E-state index contributed by atoms with van der Waals surface area (Å²) in [4.78, 5) is 16.4. The molecule has 0 fully saturated rings. The SMILES string of the molecule is CC(=O)c1cc(Cl)ccc1NC1CC(C)=Nc2ccccc21. The first-order valence-electron chi connectivity index (χ1n) is 7.24. The fourth-order valence-corrected chi connectivity index (χ4v) is 2.96. The fraction of sp³-hybridized carbons (Fsp3) is 0.222. The second kappa shape index (κ2) is 5.93. The highest BCUT2D eigenvalue weighted by atomic mass is 35.5. The molecule has 1 unspecified atom stereocenters. The first-order valence-corrected chi connectivity index (χ1v) is 7.62. The minimum atomic E-state index is -0.000478. The highest BCUT2D eigenvalue weighted by molar-refractivity contribution is 6.31. The molecular weight excluding hydrogens is 296 g/mol. The Labute approximate surface area is 135 Å². The highest BCUT2D eigenvalue weighted by Crippen LogP contribution is 2.36. The second-order valence-corrected chi connectivity index (χ2v) is 5.99. The van der Waals surface area contributed by atoms with E-state index in [-0.39, 0.29) is 11.8 Å². The summed E-state index contributed by atoms with van der Waals surface area (Å²) in [5.74, 6) is -0.000478. The Hall–Kier alpha value is -2.13. The molecule has 22 heavy (non-hydrogen) atoms. The number of ketones is 1. The number of hydrogen-bond acceptors (Lipinski definition) is 3. The molecule has 0 aromatic heterocycles. The van der Waals surface area contributed by atoms with Crippen molar-refractivity contribution in [2.75, 3.05) is 5.32 Å². The third-order valence-electron chi connectivity index (χ3n) is 3.81. The topological polar surface area (TPSA) is 41.5 Å². The number of para-hydroxylation sites is 1. The molecule has 0 spiro atoms. The number of nitrogens with one attached hydrogen (secondary N) is 1. The van der Waals surface area contributed by atoms with Crippen LogP contribution in [0, 0.1) is 0 Å². The van der Waals surface area contributed by atoms with Gasteiger partial charge in [0.1, 0.15) is 0 Å². The maximum absolute atomic E-state index is 11.8. The summed E-state index contributed by atoms with van der Waals surface area (Å²) in [6.07, 6.45) is 0.816. The number of rotatable bonds is 3. The van der Waals surface area contributed by atoms with Gasteiger partial charge in [0.15, 0.2) is 5.78 Å². The Morgan fingerprint density at radius 2 is 2.05 bits per heavy atom.